The second-order valence-electron chi connectivity index (χ2n) is 8.93. The van der Waals surface area contributed by atoms with E-state index in [1.54, 1.807) is 48.5 Å². The molecule has 2 unspecified atom stereocenters. The van der Waals surface area contributed by atoms with Gasteiger partial charge in [-0.05, 0) is 61.3 Å². The van der Waals surface area contributed by atoms with Crippen LogP contribution in [0.15, 0.2) is 84.9 Å². The van der Waals surface area contributed by atoms with E-state index in [-0.39, 0.29) is 11.5 Å². The van der Waals surface area contributed by atoms with Gasteiger partial charge in [0.25, 0.3) is 0 Å². The van der Waals surface area contributed by atoms with Gasteiger partial charge in [0.1, 0.15) is 11.5 Å². The second kappa shape index (κ2) is 23.7. The average Bonchev–Trinajstić information content (AvgIpc) is 2.95. The number of rotatable bonds is 12. The molecule has 0 saturated carbocycles. The Morgan fingerprint density at radius 1 is 0.610 bits per heavy atom. The van der Waals surface area contributed by atoms with Gasteiger partial charge in [0.05, 0.1) is 12.2 Å². The summed E-state index contributed by atoms with van der Waals surface area (Å²) in [5, 5.41) is 44.1. The van der Waals surface area contributed by atoms with Gasteiger partial charge in [-0.25, -0.2) is 0 Å². The van der Waals surface area contributed by atoms with Crippen molar-refractivity contribution in [2.75, 3.05) is 26.2 Å². The van der Waals surface area contributed by atoms with Crippen molar-refractivity contribution in [2.45, 2.75) is 51.7 Å². The molecule has 0 amide bonds. The predicted molar refractivity (Wildman–Crippen MR) is 162 cm³/mol. The number of aromatic hydroxyl groups is 2. The zero-order valence-electron chi connectivity index (χ0n) is 23.8. The van der Waals surface area contributed by atoms with Crippen molar-refractivity contribution >= 4 is 10.4 Å². The van der Waals surface area contributed by atoms with Crippen LogP contribution >= 0.6 is 0 Å². The van der Waals surface area contributed by atoms with E-state index in [1.165, 1.54) is 0 Å². The lowest BCUT2D eigenvalue weighted by molar-refractivity contribution is 0.174. The van der Waals surface area contributed by atoms with Crippen molar-refractivity contribution in [2.24, 2.45) is 0 Å². The normalized spacial score (nSPS) is 11.9. The van der Waals surface area contributed by atoms with Gasteiger partial charge in [-0.15, -0.1) is 0 Å². The quantitative estimate of drug-likeness (QED) is 0.109. The Kier molecular flexibility index (Phi) is 21.9. The fourth-order valence-corrected chi connectivity index (χ4v) is 3.09. The Morgan fingerprint density at radius 3 is 1.12 bits per heavy atom. The van der Waals surface area contributed by atoms with Crippen LogP contribution < -0.4 is 10.6 Å². The Bertz CT molecular complexity index is 1010. The molecule has 11 heteroatoms. The smallest absolute Gasteiger partial charge is 0.394 e. The SMILES string of the molecule is CCCCNCC(O)c1ccc(O)cc1.CCCCNCC(O)c1ccc(O)cc1.O=S(=O)(O)O.c1ccccc1. The molecule has 0 aliphatic rings. The standard InChI is InChI=1S/2C12H19NO2.C6H6.H2O4S/c2*1-2-3-8-13-9-12(15)10-4-6-11(14)7-5-10;1-2-4-6-5-3-1;1-5(2,3)4/h2*4-7,12-15H,2-3,8-9H2,1H3;1-6H;(H2,1,2,3,4). The molecule has 3 aromatic carbocycles. The number of aliphatic hydroxyl groups is 2. The minimum absolute atomic E-state index is 0.227. The van der Waals surface area contributed by atoms with Gasteiger partial charge in [-0.3, -0.25) is 9.11 Å². The van der Waals surface area contributed by atoms with E-state index in [2.05, 4.69) is 24.5 Å². The van der Waals surface area contributed by atoms with Crippen LogP contribution in [-0.2, 0) is 10.4 Å². The number of phenols is 2. The highest BCUT2D eigenvalue weighted by atomic mass is 32.3. The van der Waals surface area contributed by atoms with Crippen LogP contribution in [0.2, 0.25) is 0 Å². The summed E-state index contributed by atoms with van der Waals surface area (Å²) in [5.41, 5.74) is 1.66. The van der Waals surface area contributed by atoms with Gasteiger partial charge >= 0.3 is 10.4 Å². The van der Waals surface area contributed by atoms with E-state index < -0.39 is 22.6 Å². The van der Waals surface area contributed by atoms with Gasteiger partial charge in [0, 0.05) is 13.1 Å². The third-order valence-electron chi connectivity index (χ3n) is 5.31. The zero-order valence-corrected chi connectivity index (χ0v) is 24.6. The molecule has 3 rings (SSSR count). The van der Waals surface area contributed by atoms with Crippen molar-refractivity contribution in [3.05, 3.63) is 96.1 Å². The summed E-state index contributed by atoms with van der Waals surface area (Å²) in [6, 6.07) is 25.3. The second-order valence-corrected chi connectivity index (χ2v) is 9.83. The molecule has 0 aliphatic carbocycles. The fourth-order valence-electron chi connectivity index (χ4n) is 3.09. The minimum Gasteiger partial charge on any atom is -0.508 e. The van der Waals surface area contributed by atoms with Crippen LogP contribution in [0.3, 0.4) is 0 Å². The molecule has 0 aromatic heterocycles. The van der Waals surface area contributed by atoms with Crippen LogP contribution in [0, 0.1) is 0 Å². The van der Waals surface area contributed by atoms with Gasteiger partial charge in [-0.2, -0.15) is 8.42 Å². The molecule has 0 radical (unpaired) electrons. The Balaban J connectivity index is 0.000000575. The number of unbranched alkanes of at least 4 members (excludes halogenated alkanes) is 2. The first-order chi connectivity index (χ1) is 19.5. The predicted octanol–water partition coefficient (Wildman–Crippen LogP) is 4.66. The van der Waals surface area contributed by atoms with E-state index >= 15 is 0 Å². The molecule has 0 bridgehead atoms. The van der Waals surface area contributed by atoms with Crippen molar-refractivity contribution < 1.29 is 37.9 Å². The molecule has 0 aliphatic heterocycles. The van der Waals surface area contributed by atoms with E-state index in [0.717, 1.165) is 49.9 Å². The molecule has 230 valence electrons. The summed E-state index contributed by atoms with van der Waals surface area (Å²) in [7, 11) is -4.67. The van der Waals surface area contributed by atoms with Crippen molar-refractivity contribution in [1.82, 2.24) is 10.6 Å². The van der Waals surface area contributed by atoms with E-state index in [0.29, 0.717) is 13.1 Å². The lowest BCUT2D eigenvalue weighted by Crippen LogP contribution is -2.22. The fraction of sp³-hybridized carbons (Fsp3) is 0.400. The van der Waals surface area contributed by atoms with E-state index in [4.69, 9.17) is 27.7 Å². The summed E-state index contributed by atoms with van der Waals surface area (Å²) >= 11 is 0. The van der Waals surface area contributed by atoms with E-state index in [9.17, 15) is 10.2 Å². The minimum atomic E-state index is -4.67. The topological polar surface area (TPSA) is 180 Å². The number of hydrogen-bond donors (Lipinski definition) is 8. The summed E-state index contributed by atoms with van der Waals surface area (Å²) in [4.78, 5) is 0. The van der Waals surface area contributed by atoms with Gasteiger partial charge in [-0.1, -0.05) is 87.4 Å². The van der Waals surface area contributed by atoms with Crippen LogP contribution in [0.4, 0.5) is 0 Å². The lowest BCUT2D eigenvalue weighted by Gasteiger charge is -2.11. The third-order valence-corrected chi connectivity index (χ3v) is 5.31. The first kappa shape index (κ1) is 38.0. The Labute approximate surface area is 244 Å². The average molecular weight is 595 g/mol. The molecule has 41 heavy (non-hydrogen) atoms. The van der Waals surface area contributed by atoms with Crippen molar-refractivity contribution in [3.63, 3.8) is 0 Å². The molecule has 0 fully saturated rings. The largest absolute Gasteiger partial charge is 0.508 e. The number of nitrogens with one attached hydrogen (secondary N) is 2. The number of benzene rings is 3. The molecular formula is C30H46N2O8S. The van der Waals surface area contributed by atoms with E-state index in [1.807, 2.05) is 36.4 Å². The number of phenolic OH excluding ortho intramolecular Hbond substituents is 2. The van der Waals surface area contributed by atoms with Crippen LogP contribution in [0.25, 0.3) is 0 Å². The number of hydrogen-bond acceptors (Lipinski definition) is 8. The molecule has 0 heterocycles. The molecule has 0 saturated heterocycles. The van der Waals surface area contributed by atoms with Crippen molar-refractivity contribution in [1.29, 1.82) is 0 Å². The summed E-state index contributed by atoms with van der Waals surface area (Å²) in [6.07, 6.45) is 3.57. The third kappa shape index (κ3) is 24.5. The first-order valence-corrected chi connectivity index (χ1v) is 14.9. The van der Waals surface area contributed by atoms with Crippen molar-refractivity contribution in [3.8, 4) is 11.5 Å². The Morgan fingerprint density at radius 2 is 0.878 bits per heavy atom. The van der Waals surface area contributed by atoms with Crippen LogP contribution in [0.5, 0.6) is 11.5 Å². The summed E-state index contributed by atoms with van der Waals surface area (Å²) < 4.78 is 31.6. The molecule has 3 aromatic rings. The summed E-state index contributed by atoms with van der Waals surface area (Å²) in [5.74, 6) is 0.454. The van der Waals surface area contributed by atoms with Gasteiger partial charge in [0.15, 0.2) is 0 Å². The summed E-state index contributed by atoms with van der Waals surface area (Å²) in [6.45, 7) is 7.27. The molecule has 0 spiro atoms. The molecule has 2 atom stereocenters. The van der Waals surface area contributed by atoms with Crippen LogP contribution in [0.1, 0.15) is 62.9 Å². The lowest BCUT2D eigenvalue weighted by atomic mass is 10.1. The first-order valence-electron chi connectivity index (χ1n) is 13.5. The monoisotopic (exact) mass is 594 g/mol. The highest BCUT2D eigenvalue weighted by molar-refractivity contribution is 7.79. The zero-order chi connectivity index (χ0) is 30.9. The van der Waals surface area contributed by atoms with Gasteiger partial charge < -0.3 is 31.1 Å². The van der Waals surface area contributed by atoms with Gasteiger partial charge in [0.2, 0.25) is 0 Å². The number of aliphatic hydroxyl groups excluding tert-OH is 2. The molecule has 10 nitrogen and oxygen atoms in total. The molecule has 8 N–H and O–H groups in total. The Hall–Kier alpha value is -3.03. The highest BCUT2D eigenvalue weighted by Gasteiger charge is 2.07. The maximum atomic E-state index is 9.77. The highest BCUT2D eigenvalue weighted by Crippen LogP contribution is 2.16. The maximum Gasteiger partial charge on any atom is 0.394 e. The molecular weight excluding hydrogens is 548 g/mol. The van der Waals surface area contributed by atoms with Crippen LogP contribution in [-0.4, -0.2) is 64.1 Å². The maximum absolute atomic E-state index is 9.77.